The smallest absolute Gasteiger partial charge is 0.261 e. The quantitative estimate of drug-likeness (QED) is 0.885. The number of piperidine rings is 1. The molecular weight excluding hydrogens is 344 g/mol. The second-order valence-electron chi connectivity index (χ2n) is 7.01. The fraction of sp³-hybridized carbons (Fsp3) is 0.706. The van der Waals surface area contributed by atoms with Crippen molar-refractivity contribution in [2.75, 3.05) is 13.1 Å². The predicted molar refractivity (Wildman–Crippen MR) is 95.8 cm³/mol. The van der Waals surface area contributed by atoms with Crippen LogP contribution in [0.4, 0.5) is 0 Å². The fourth-order valence-corrected chi connectivity index (χ4v) is 6.27. The second kappa shape index (κ2) is 7.54. The zero-order valence-corrected chi connectivity index (χ0v) is 15.8. The summed E-state index contributed by atoms with van der Waals surface area (Å²) in [6.45, 7) is 3.30. The minimum absolute atomic E-state index is 0.138. The van der Waals surface area contributed by atoms with E-state index in [-0.39, 0.29) is 16.2 Å². The predicted octanol–water partition coefficient (Wildman–Crippen LogP) is 3.23. The molecular formula is C17H26N2O3S2. The van der Waals surface area contributed by atoms with E-state index in [9.17, 15) is 13.2 Å². The summed E-state index contributed by atoms with van der Waals surface area (Å²) >= 11 is 1.09. The van der Waals surface area contributed by atoms with Gasteiger partial charge in [0.2, 0.25) is 0 Å². The molecule has 24 heavy (non-hydrogen) atoms. The normalized spacial score (nSPS) is 21.7. The van der Waals surface area contributed by atoms with Crippen molar-refractivity contribution in [3.8, 4) is 0 Å². The molecule has 0 atom stereocenters. The van der Waals surface area contributed by atoms with Crippen molar-refractivity contribution in [3.05, 3.63) is 17.0 Å². The summed E-state index contributed by atoms with van der Waals surface area (Å²) in [6, 6.07) is 3.45. The Morgan fingerprint density at radius 2 is 1.79 bits per heavy atom. The SMILES string of the molecule is CC1CCN(S(=O)(=O)c2ccc(C(=O)NC3CCCCC3)s2)CC1. The van der Waals surface area contributed by atoms with E-state index in [1.807, 2.05) is 0 Å². The number of carbonyl (C=O) groups excluding carboxylic acids is 1. The largest absolute Gasteiger partial charge is 0.349 e. The van der Waals surface area contributed by atoms with E-state index < -0.39 is 10.0 Å². The number of sulfonamides is 1. The molecule has 0 aromatic carbocycles. The maximum Gasteiger partial charge on any atom is 0.261 e. The van der Waals surface area contributed by atoms with Crippen LogP contribution in [0.3, 0.4) is 0 Å². The van der Waals surface area contributed by atoms with Crippen molar-refractivity contribution >= 4 is 27.3 Å². The topological polar surface area (TPSA) is 66.5 Å². The number of nitrogens with zero attached hydrogens (tertiary/aromatic N) is 1. The van der Waals surface area contributed by atoms with Crippen LogP contribution in [-0.4, -0.2) is 37.8 Å². The zero-order chi connectivity index (χ0) is 17.2. The molecule has 3 rings (SSSR count). The van der Waals surface area contributed by atoms with Crippen LogP contribution < -0.4 is 5.32 Å². The molecule has 2 heterocycles. The van der Waals surface area contributed by atoms with Crippen LogP contribution in [0.5, 0.6) is 0 Å². The third kappa shape index (κ3) is 4.00. The van der Waals surface area contributed by atoms with Gasteiger partial charge in [-0.25, -0.2) is 8.42 Å². The third-order valence-corrected chi connectivity index (χ3v) is 8.53. The molecule has 1 saturated carbocycles. The molecule has 7 heteroatoms. The van der Waals surface area contributed by atoms with Gasteiger partial charge >= 0.3 is 0 Å². The highest BCUT2D eigenvalue weighted by Crippen LogP contribution is 2.28. The molecule has 1 amide bonds. The van der Waals surface area contributed by atoms with Gasteiger partial charge in [-0.1, -0.05) is 26.2 Å². The first-order valence-corrected chi connectivity index (χ1v) is 11.1. The van der Waals surface area contributed by atoms with Gasteiger partial charge in [0.25, 0.3) is 15.9 Å². The molecule has 5 nitrogen and oxygen atoms in total. The first-order valence-electron chi connectivity index (χ1n) is 8.87. The Hall–Kier alpha value is -0.920. The summed E-state index contributed by atoms with van der Waals surface area (Å²) in [7, 11) is -3.46. The molecule has 1 aromatic heterocycles. The lowest BCUT2D eigenvalue weighted by molar-refractivity contribution is 0.0932. The van der Waals surface area contributed by atoms with Gasteiger partial charge in [0, 0.05) is 19.1 Å². The summed E-state index contributed by atoms with van der Waals surface area (Å²) in [6.07, 6.45) is 7.40. The van der Waals surface area contributed by atoms with E-state index in [1.54, 1.807) is 16.4 Å². The lowest BCUT2D eigenvalue weighted by atomic mass is 9.95. The lowest BCUT2D eigenvalue weighted by Crippen LogP contribution is -2.37. The highest BCUT2D eigenvalue weighted by molar-refractivity contribution is 7.91. The van der Waals surface area contributed by atoms with Gasteiger partial charge in [0.1, 0.15) is 4.21 Å². The summed E-state index contributed by atoms with van der Waals surface area (Å²) in [5.41, 5.74) is 0. The van der Waals surface area contributed by atoms with E-state index in [1.165, 1.54) is 6.42 Å². The molecule has 1 aliphatic heterocycles. The molecule has 1 saturated heterocycles. The minimum Gasteiger partial charge on any atom is -0.349 e. The second-order valence-corrected chi connectivity index (χ2v) is 10.3. The van der Waals surface area contributed by atoms with Crippen molar-refractivity contribution < 1.29 is 13.2 Å². The van der Waals surface area contributed by atoms with Crippen LogP contribution >= 0.6 is 11.3 Å². The molecule has 2 aliphatic rings. The molecule has 0 radical (unpaired) electrons. The van der Waals surface area contributed by atoms with Gasteiger partial charge in [-0.2, -0.15) is 4.31 Å². The molecule has 1 aliphatic carbocycles. The van der Waals surface area contributed by atoms with E-state index in [0.29, 0.717) is 23.9 Å². The number of nitrogens with one attached hydrogen (secondary N) is 1. The van der Waals surface area contributed by atoms with Crippen molar-refractivity contribution in [1.82, 2.24) is 9.62 Å². The Morgan fingerprint density at radius 3 is 2.46 bits per heavy atom. The van der Waals surface area contributed by atoms with Gasteiger partial charge in [0.05, 0.1) is 4.88 Å². The minimum atomic E-state index is -3.46. The fourth-order valence-electron chi connectivity index (χ4n) is 3.44. The number of rotatable bonds is 4. The molecule has 0 unspecified atom stereocenters. The number of hydrogen-bond acceptors (Lipinski definition) is 4. The molecule has 1 aromatic rings. The molecule has 1 N–H and O–H groups in total. The van der Waals surface area contributed by atoms with Crippen LogP contribution in [0.2, 0.25) is 0 Å². The van der Waals surface area contributed by atoms with Crippen LogP contribution in [0.1, 0.15) is 61.5 Å². The zero-order valence-electron chi connectivity index (χ0n) is 14.2. The number of amides is 1. The third-order valence-electron chi connectivity index (χ3n) is 5.08. The van der Waals surface area contributed by atoms with E-state index in [0.717, 1.165) is 49.9 Å². The molecule has 0 bridgehead atoms. The van der Waals surface area contributed by atoms with Gasteiger partial charge in [-0.3, -0.25) is 4.79 Å². The number of thiophene rings is 1. The maximum absolute atomic E-state index is 12.7. The van der Waals surface area contributed by atoms with E-state index in [4.69, 9.17) is 0 Å². The average Bonchev–Trinajstić information content (AvgIpc) is 3.07. The van der Waals surface area contributed by atoms with Gasteiger partial charge in [0.15, 0.2) is 0 Å². The Balaban J connectivity index is 1.66. The van der Waals surface area contributed by atoms with Gasteiger partial charge in [-0.05, 0) is 43.7 Å². The number of carbonyl (C=O) groups is 1. The first kappa shape index (κ1) is 17.9. The van der Waals surface area contributed by atoms with Crippen molar-refractivity contribution in [2.24, 2.45) is 5.92 Å². The van der Waals surface area contributed by atoms with Crippen LogP contribution in [0.15, 0.2) is 16.3 Å². The Morgan fingerprint density at radius 1 is 1.12 bits per heavy atom. The van der Waals surface area contributed by atoms with Crippen LogP contribution in [-0.2, 0) is 10.0 Å². The molecule has 2 fully saturated rings. The average molecular weight is 371 g/mol. The molecule has 134 valence electrons. The molecule has 0 spiro atoms. The van der Waals surface area contributed by atoms with Crippen LogP contribution in [0.25, 0.3) is 0 Å². The first-order chi connectivity index (χ1) is 11.5. The van der Waals surface area contributed by atoms with Crippen molar-refractivity contribution in [2.45, 2.75) is 62.1 Å². The summed E-state index contributed by atoms with van der Waals surface area (Å²) in [4.78, 5) is 12.9. The van der Waals surface area contributed by atoms with Crippen LogP contribution in [0, 0.1) is 5.92 Å². The van der Waals surface area contributed by atoms with E-state index in [2.05, 4.69) is 12.2 Å². The van der Waals surface area contributed by atoms with Crippen molar-refractivity contribution in [1.29, 1.82) is 0 Å². The lowest BCUT2D eigenvalue weighted by Gasteiger charge is -2.28. The van der Waals surface area contributed by atoms with Gasteiger partial charge < -0.3 is 5.32 Å². The summed E-state index contributed by atoms with van der Waals surface area (Å²) in [5.74, 6) is 0.442. The number of hydrogen-bond donors (Lipinski definition) is 1. The summed E-state index contributed by atoms with van der Waals surface area (Å²) in [5, 5.41) is 3.05. The standard InChI is InChI=1S/C17H26N2O3S2/c1-13-9-11-19(12-10-13)24(21,22)16-8-7-15(23-16)17(20)18-14-5-3-2-4-6-14/h7-8,13-14H,2-6,9-12H2,1H3,(H,18,20). The Bertz CT molecular complexity index is 670. The Kier molecular flexibility index (Phi) is 5.62. The summed E-state index contributed by atoms with van der Waals surface area (Å²) < 4.78 is 27.3. The van der Waals surface area contributed by atoms with Crippen molar-refractivity contribution in [3.63, 3.8) is 0 Å². The Labute approximate surface area is 148 Å². The van der Waals surface area contributed by atoms with E-state index >= 15 is 0 Å². The highest BCUT2D eigenvalue weighted by Gasteiger charge is 2.30. The maximum atomic E-state index is 12.7. The monoisotopic (exact) mass is 370 g/mol. The highest BCUT2D eigenvalue weighted by atomic mass is 32.2. The van der Waals surface area contributed by atoms with Gasteiger partial charge in [-0.15, -0.1) is 11.3 Å².